The van der Waals surface area contributed by atoms with Gasteiger partial charge < -0.3 is 11.1 Å². The van der Waals surface area contributed by atoms with E-state index < -0.39 is 0 Å². The Hall–Kier alpha value is -0.550. The zero-order chi connectivity index (χ0) is 13.4. The molecule has 0 fully saturated rings. The fourth-order valence-corrected chi connectivity index (χ4v) is 2.27. The number of carbonyl (C=O) groups is 2. The van der Waals surface area contributed by atoms with Crippen molar-refractivity contribution in [1.29, 1.82) is 0 Å². The number of rotatable bonds is 9. The minimum absolute atomic E-state index is 0.0528. The summed E-state index contributed by atoms with van der Waals surface area (Å²) < 4.78 is 0. The second kappa shape index (κ2) is 8.53. The van der Waals surface area contributed by atoms with Crippen molar-refractivity contribution in [2.75, 3.05) is 11.5 Å². The zero-order valence-corrected chi connectivity index (χ0v) is 12.0. The number of ketones is 1. The van der Waals surface area contributed by atoms with Crippen LogP contribution < -0.4 is 11.1 Å². The van der Waals surface area contributed by atoms with Crippen molar-refractivity contribution in [1.82, 2.24) is 5.32 Å². The van der Waals surface area contributed by atoms with Crippen LogP contribution >= 0.6 is 11.8 Å². The van der Waals surface area contributed by atoms with Gasteiger partial charge in [0.25, 0.3) is 0 Å². The highest BCUT2D eigenvalue weighted by Gasteiger charge is 2.17. The molecule has 0 aliphatic rings. The van der Waals surface area contributed by atoms with Gasteiger partial charge in [0.2, 0.25) is 5.91 Å². The monoisotopic (exact) mass is 260 g/mol. The lowest BCUT2D eigenvalue weighted by Crippen LogP contribution is -2.47. The number of primary amides is 1. The van der Waals surface area contributed by atoms with Crippen molar-refractivity contribution in [3.8, 4) is 0 Å². The molecule has 2 unspecified atom stereocenters. The first kappa shape index (κ1) is 16.4. The van der Waals surface area contributed by atoms with Crippen molar-refractivity contribution in [2.45, 2.75) is 46.2 Å². The van der Waals surface area contributed by atoms with Gasteiger partial charge in [-0.3, -0.25) is 9.59 Å². The van der Waals surface area contributed by atoms with Gasteiger partial charge >= 0.3 is 0 Å². The van der Waals surface area contributed by atoms with Crippen LogP contribution in [0.3, 0.4) is 0 Å². The van der Waals surface area contributed by atoms with Gasteiger partial charge in [0.1, 0.15) is 5.78 Å². The first-order valence-electron chi connectivity index (χ1n) is 6.04. The molecule has 17 heavy (non-hydrogen) atoms. The maximum atomic E-state index is 11.4. The summed E-state index contributed by atoms with van der Waals surface area (Å²) in [5.74, 6) is 0.913. The van der Waals surface area contributed by atoms with Crippen molar-refractivity contribution < 1.29 is 9.59 Å². The number of hydrogen-bond donors (Lipinski definition) is 2. The molecular weight excluding hydrogens is 236 g/mol. The third kappa shape index (κ3) is 7.39. The van der Waals surface area contributed by atoms with E-state index in [2.05, 4.69) is 5.32 Å². The van der Waals surface area contributed by atoms with Crippen LogP contribution in [0.2, 0.25) is 0 Å². The average Bonchev–Trinajstić information content (AvgIpc) is 2.26. The summed E-state index contributed by atoms with van der Waals surface area (Å²) in [6.45, 7) is 7.82. The van der Waals surface area contributed by atoms with Crippen LogP contribution in [0.5, 0.6) is 0 Å². The molecule has 0 aromatic rings. The predicted octanol–water partition coefficient (Wildman–Crippen LogP) is 1.19. The molecule has 0 saturated carbocycles. The Balaban J connectivity index is 4.02. The maximum Gasteiger partial charge on any atom is 0.235 e. The van der Waals surface area contributed by atoms with Gasteiger partial charge in [-0.1, -0.05) is 20.8 Å². The molecule has 0 aliphatic carbocycles. The fraction of sp³-hybridized carbons (Fsp3) is 0.833. The van der Waals surface area contributed by atoms with E-state index in [1.54, 1.807) is 0 Å². The fourth-order valence-electron chi connectivity index (χ4n) is 1.12. The van der Waals surface area contributed by atoms with Gasteiger partial charge in [0, 0.05) is 17.7 Å². The lowest BCUT2D eigenvalue weighted by Gasteiger charge is -2.19. The van der Waals surface area contributed by atoms with Crippen LogP contribution in [0.4, 0.5) is 0 Å². The van der Waals surface area contributed by atoms with E-state index in [0.29, 0.717) is 11.5 Å². The van der Waals surface area contributed by atoms with Gasteiger partial charge in [-0.25, -0.2) is 0 Å². The number of carbonyl (C=O) groups excluding carboxylic acids is 2. The normalized spacial score (nSPS) is 14.6. The molecule has 3 N–H and O–H groups in total. The van der Waals surface area contributed by atoms with Crippen LogP contribution in [-0.4, -0.2) is 35.3 Å². The molecule has 0 aromatic carbocycles. The highest BCUT2D eigenvalue weighted by atomic mass is 32.2. The Morgan fingerprint density at radius 3 is 2.29 bits per heavy atom. The Morgan fingerprint density at radius 1 is 1.29 bits per heavy atom. The molecule has 100 valence electrons. The van der Waals surface area contributed by atoms with E-state index in [1.165, 1.54) is 11.8 Å². The van der Waals surface area contributed by atoms with E-state index in [9.17, 15) is 9.59 Å². The van der Waals surface area contributed by atoms with E-state index in [4.69, 9.17) is 5.73 Å². The summed E-state index contributed by atoms with van der Waals surface area (Å²) in [5, 5.41) is 3.16. The average molecular weight is 260 g/mol. The molecule has 2 atom stereocenters. The number of hydrogen-bond acceptors (Lipinski definition) is 4. The molecule has 5 heteroatoms. The van der Waals surface area contributed by atoms with Crippen molar-refractivity contribution >= 4 is 23.5 Å². The van der Waals surface area contributed by atoms with Crippen LogP contribution in [0.15, 0.2) is 0 Å². The number of thioether (sulfide) groups is 1. The SMILES string of the molecule is CCC(C)NC(CSCC(=O)C(C)C)C(N)=O. The summed E-state index contributed by atoms with van der Waals surface area (Å²) in [5.41, 5.74) is 5.32. The van der Waals surface area contributed by atoms with Gasteiger partial charge in [0.15, 0.2) is 0 Å². The Bertz CT molecular complexity index is 257. The van der Waals surface area contributed by atoms with Gasteiger partial charge in [-0.2, -0.15) is 11.8 Å². The molecule has 0 heterocycles. The number of nitrogens with one attached hydrogen (secondary N) is 1. The molecule has 0 aliphatic heterocycles. The Labute approximate surface area is 108 Å². The first-order valence-corrected chi connectivity index (χ1v) is 7.19. The topological polar surface area (TPSA) is 72.2 Å². The van der Waals surface area contributed by atoms with Gasteiger partial charge in [0.05, 0.1) is 11.8 Å². The zero-order valence-electron chi connectivity index (χ0n) is 11.2. The first-order chi connectivity index (χ1) is 7.88. The third-order valence-electron chi connectivity index (χ3n) is 2.61. The smallest absolute Gasteiger partial charge is 0.235 e. The lowest BCUT2D eigenvalue weighted by molar-refractivity contribution is -0.120. The van der Waals surface area contributed by atoms with Crippen LogP contribution in [0, 0.1) is 5.92 Å². The summed E-state index contributed by atoms with van der Waals surface area (Å²) in [6, 6.07) is -0.0937. The van der Waals surface area contributed by atoms with Crippen molar-refractivity contribution in [3.05, 3.63) is 0 Å². The summed E-state index contributed by atoms with van der Waals surface area (Å²) in [6.07, 6.45) is 0.944. The molecule has 0 spiro atoms. The van der Waals surface area contributed by atoms with Gasteiger partial charge in [-0.15, -0.1) is 0 Å². The Kier molecular flexibility index (Phi) is 8.25. The van der Waals surface area contributed by atoms with Crippen molar-refractivity contribution in [2.24, 2.45) is 11.7 Å². The standard InChI is InChI=1S/C12H24N2O2S/c1-5-9(4)14-10(12(13)16)6-17-7-11(15)8(2)3/h8-10,14H,5-7H2,1-4H3,(H2,13,16). The van der Waals surface area contributed by atoms with Crippen LogP contribution in [-0.2, 0) is 9.59 Å². The number of amides is 1. The summed E-state index contributed by atoms with van der Waals surface area (Å²) >= 11 is 1.47. The highest BCUT2D eigenvalue weighted by Crippen LogP contribution is 2.08. The minimum atomic E-state index is -0.352. The Morgan fingerprint density at radius 2 is 1.88 bits per heavy atom. The lowest BCUT2D eigenvalue weighted by atomic mass is 10.1. The largest absolute Gasteiger partial charge is 0.368 e. The molecule has 4 nitrogen and oxygen atoms in total. The van der Waals surface area contributed by atoms with E-state index in [-0.39, 0.29) is 29.7 Å². The summed E-state index contributed by atoms with van der Waals surface area (Å²) in [4.78, 5) is 22.6. The predicted molar refractivity (Wildman–Crippen MR) is 73.0 cm³/mol. The third-order valence-corrected chi connectivity index (χ3v) is 3.67. The number of nitrogens with two attached hydrogens (primary N) is 1. The van der Waals surface area contributed by atoms with E-state index in [1.807, 2.05) is 27.7 Å². The van der Waals surface area contributed by atoms with Crippen LogP contribution in [0.25, 0.3) is 0 Å². The molecule has 0 bridgehead atoms. The quantitative estimate of drug-likeness (QED) is 0.653. The van der Waals surface area contributed by atoms with Gasteiger partial charge in [-0.05, 0) is 13.3 Å². The molecule has 0 rings (SSSR count). The summed E-state index contributed by atoms with van der Waals surface area (Å²) in [7, 11) is 0. The molecule has 0 aromatic heterocycles. The molecule has 1 amide bonds. The molecular formula is C12H24N2O2S. The highest BCUT2D eigenvalue weighted by molar-refractivity contribution is 8.00. The maximum absolute atomic E-state index is 11.4. The van der Waals surface area contributed by atoms with E-state index in [0.717, 1.165) is 6.42 Å². The van der Waals surface area contributed by atoms with Crippen LogP contribution in [0.1, 0.15) is 34.1 Å². The minimum Gasteiger partial charge on any atom is -0.368 e. The molecule has 0 radical (unpaired) electrons. The van der Waals surface area contributed by atoms with E-state index >= 15 is 0 Å². The molecule has 0 saturated heterocycles. The number of Topliss-reactive ketones (excluding diaryl/α,β-unsaturated/α-hetero) is 1. The second-order valence-electron chi connectivity index (χ2n) is 4.57. The second-order valence-corrected chi connectivity index (χ2v) is 5.60. The van der Waals surface area contributed by atoms with Crippen molar-refractivity contribution in [3.63, 3.8) is 0 Å².